The predicted octanol–water partition coefficient (Wildman–Crippen LogP) is 0.398. The van der Waals surface area contributed by atoms with Gasteiger partial charge in [-0.05, 0) is 5.56 Å². The van der Waals surface area contributed by atoms with Crippen LogP contribution in [0.2, 0.25) is 0 Å². The third-order valence-electron chi connectivity index (χ3n) is 1.88. The van der Waals surface area contributed by atoms with E-state index in [1.807, 2.05) is 0 Å². The van der Waals surface area contributed by atoms with Gasteiger partial charge >= 0.3 is 18.0 Å². The van der Waals surface area contributed by atoms with E-state index in [0.29, 0.717) is 10.3 Å². The minimum atomic E-state index is -4.91. The van der Waals surface area contributed by atoms with Gasteiger partial charge in [0.2, 0.25) is 6.20 Å². The van der Waals surface area contributed by atoms with Crippen LogP contribution in [0.3, 0.4) is 0 Å². The van der Waals surface area contributed by atoms with Gasteiger partial charge in [-0.3, -0.25) is 10.0 Å². The molecule has 0 aliphatic heterocycles. The predicted molar refractivity (Wildman–Crippen MR) is 48.3 cm³/mol. The zero-order valence-electron chi connectivity index (χ0n) is 8.78. The van der Waals surface area contributed by atoms with Crippen LogP contribution in [-0.2, 0) is 11.3 Å². The van der Waals surface area contributed by atoms with Crippen molar-refractivity contribution >= 4 is 5.91 Å². The molecule has 1 heterocycles. The third-order valence-corrected chi connectivity index (χ3v) is 1.88. The van der Waals surface area contributed by atoms with Crippen LogP contribution in [0.1, 0.15) is 5.56 Å². The monoisotopic (exact) mass is 251 g/mol. The average Bonchev–Trinajstić information content (AvgIpc) is 2.26. The number of hydrogen-bond donors (Lipinski definition) is 2. The van der Waals surface area contributed by atoms with Crippen LogP contribution >= 0.6 is 0 Å². The maximum atomic E-state index is 11.9. The van der Waals surface area contributed by atoms with Crippen LogP contribution in [0, 0.1) is 0 Å². The molecule has 0 spiro atoms. The number of amides is 1. The van der Waals surface area contributed by atoms with E-state index in [-0.39, 0.29) is 12.4 Å². The fourth-order valence-corrected chi connectivity index (χ4v) is 1.06. The largest absolute Gasteiger partial charge is 0.471 e. The van der Waals surface area contributed by atoms with Crippen LogP contribution in [0.5, 0.6) is 5.88 Å². The number of alkyl halides is 3. The lowest BCUT2D eigenvalue weighted by molar-refractivity contribution is -0.906. The highest BCUT2D eigenvalue weighted by atomic mass is 19.4. The molecule has 1 amide bonds. The topological polar surface area (TPSA) is 62.4 Å². The molecule has 1 aromatic rings. The minimum Gasteiger partial charge on any atom is -0.445 e. The molecule has 0 fully saturated rings. The Morgan fingerprint density at radius 2 is 2.24 bits per heavy atom. The number of rotatable bonds is 3. The normalized spacial score (nSPS) is 11.1. The molecule has 5 nitrogen and oxygen atoms in total. The Morgan fingerprint density at radius 1 is 1.59 bits per heavy atom. The Hall–Kier alpha value is -1.99. The summed E-state index contributed by atoms with van der Waals surface area (Å²) >= 11 is 0. The number of carbonyl (C=O) groups is 1. The van der Waals surface area contributed by atoms with Crippen molar-refractivity contribution in [3.63, 3.8) is 0 Å². The first kappa shape index (κ1) is 13.1. The Morgan fingerprint density at radius 3 is 2.76 bits per heavy atom. The zero-order valence-corrected chi connectivity index (χ0v) is 8.78. The number of ether oxygens (including phenoxy) is 1. The van der Waals surface area contributed by atoms with Crippen LogP contribution in [0.25, 0.3) is 0 Å². The maximum Gasteiger partial charge on any atom is 0.471 e. The molecule has 2 N–H and O–H groups in total. The number of carbonyl (C=O) groups excluding carboxylic acids is 1. The fourth-order valence-electron chi connectivity index (χ4n) is 1.06. The lowest BCUT2D eigenvalue weighted by Crippen LogP contribution is -2.37. The number of pyridine rings is 1. The first-order chi connectivity index (χ1) is 7.84. The van der Waals surface area contributed by atoms with Gasteiger partial charge < -0.3 is 10.1 Å². The van der Waals surface area contributed by atoms with Crippen molar-refractivity contribution in [2.24, 2.45) is 0 Å². The summed E-state index contributed by atoms with van der Waals surface area (Å²) in [5.74, 6) is -1.97. The van der Waals surface area contributed by atoms with Gasteiger partial charge in [-0.1, -0.05) is 0 Å². The molecule has 1 rings (SSSR count). The number of methoxy groups -OCH3 is 1. The van der Waals surface area contributed by atoms with Gasteiger partial charge in [0, 0.05) is 17.3 Å². The molecule has 8 heteroatoms. The summed E-state index contributed by atoms with van der Waals surface area (Å²) in [6, 6.07) is 2.65. The highest BCUT2D eigenvalue weighted by Crippen LogP contribution is 2.14. The van der Waals surface area contributed by atoms with Crippen molar-refractivity contribution in [2.75, 3.05) is 7.11 Å². The standard InChI is InChI=1S/C9H9F3N2O3/c1-17-7-4-6(2-3-14(7)16)5-13-8(15)9(10,11)12/h2-4H,5H2,1H3,(H-,13,15,16)/p+1. The lowest BCUT2D eigenvalue weighted by atomic mass is 10.2. The van der Waals surface area contributed by atoms with Crippen molar-refractivity contribution < 1.29 is 32.6 Å². The van der Waals surface area contributed by atoms with Gasteiger partial charge in [0.05, 0.1) is 13.2 Å². The molecule has 0 aromatic carbocycles. The smallest absolute Gasteiger partial charge is 0.445 e. The van der Waals surface area contributed by atoms with Gasteiger partial charge in [0.15, 0.2) is 0 Å². The van der Waals surface area contributed by atoms with E-state index in [1.54, 1.807) is 5.32 Å². The highest BCUT2D eigenvalue weighted by Gasteiger charge is 2.38. The van der Waals surface area contributed by atoms with Crippen molar-refractivity contribution in [3.8, 4) is 5.88 Å². The summed E-state index contributed by atoms with van der Waals surface area (Å²) in [6.45, 7) is -0.310. The van der Waals surface area contributed by atoms with E-state index in [9.17, 15) is 18.0 Å². The second kappa shape index (κ2) is 4.89. The maximum absolute atomic E-state index is 11.9. The van der Waals surface area contributed by atoms with Gasteiger partial charge in [0.25, 0.3) is 0 Å². The average molecular weight is 251 g/mol. The van der Waals surface area contributed by atoms with E-state index in [1.165, 1.54) is 25.4 Å². The van der Waals surface area contributed by atoms with Crippen molar-refractivity contribution in [3.05, 3.63) is 23.9 Å². The Labute approximate surface area is 94.4 Å². The van der Waals surface area contributed by atoms with Crippen molar-refractivity contribution in [2.45, 2.75) is 12.7 Å². The second-order valence-electron chi connectivity index (χ2n) is 3.10. The Bertz CT molecular complexity index is 420. The van der Waals surface area contributed by atoms with Crippen molar-refractivity contribution in [1.82, 2.24) is 5.32 Å². The minimum absolute atomic E-state index is 0.0451. The van der Waals surface area contributed by atoms with E-state index in [2.05, 4.69) is 0 Å². The van der Waals surface area contributed by atoms with Crippen molar-refractivity contribution in [1.29, 1.82) is 0 Å². The van der Waals surface area contributed by atoms with Crippen LogP contribution in [0.4, 0.5) is 13.2 Å². The molecule has 94 valence electrons. The summed E-state index contributed by atoms with van der Waals surface area (Å²) in [6.07, 6.45) is -3.72. The van der Waals surface area contributed by atoms with Gasteiger partial charge in [-0.15, -0.1) is 0 Å². The first-order valence-corrected chi connectivity index (χ1v) is 4.47. The Balaban J connectivity index is 2.67. The molecule has 0 saturated carbocycles. The molecule has 0 bridgehead atoms. The molecule has 17 heavy (non-hydrogen) atoms. The molecule has 0 radical (unpaired) electrons. The zero-order chi connectivity index (χ0) is 13.1. The number of nitrogens with zero attached hydrogens (tertiary/aromatic N) is 1. The quantitative estimate of drug-likeness (QED) is 0.603. The summed E-state index contributed by atoms with van der Waals surface area (Å²) < 4.78 is 41.0. The SMILES string of the molecule is COc1cc(CNC(=O)C(F)(F)F)cc[n+]1O. The molecule has 0 saturated heterocycles. The third kappa shape index (κ3) is 3.51. The van der Waals surface area contributed by atoms with Crippen LogP contribution in [0.15, 0.2) is 18.3 Å². The number of hydrogen-bond acceptors (Lipinski definition) is 3. The molecule has 0 unspecified atom stereocenters. The number of nitrogens with one attached hydrogen (secondary N) is 1. The summed E-state index contributed by atoms with van der Waals surface area (Å²) in [4.78, 5) is 10.5. The van der Waals surface area contributed by atoms with E-state index < -0.39 is 12.1 Å². The number of halogens is 3. The first-order valence-electron chi connectivity index (χ1n) is 4.47. The number of aromatic nitrogens is 1. The van der Waals surface area contributed by atoms with E-state index in [0.717, 1.165) is 0 Å². The van der Waals surface area contributed by atoms with Gasteiger partial charge in [0.1, 0.15) is 0 Å². The highest BCUT2D eigenvalue weighted by molar-refractivity contribution is 5.81. The van der Waals surface area contributed by atoms with E-state index >= 15 is 0 Å². The molecular weight excluding hydrogens is 241 g/mol. The molecule has 0 aliphatic carbocycles. The van der Waals surface area contributed by atoms with Crippen LogP contribution < -0.4 is 14.8 Å². The Kier molecular flexibility index (Phi) is 3.77. The fraction of sp³-hybridized carbons (Fsp3) is 0.333. The van der Waals surface area contributed by atoms with Crippen LogP contribution in [-0.4, -0.2) is 24.4 Å². The summed E-state index contributed by atoms with van der Waals surface area (Å²) in [7, 11) is 1.29. The molecule has 1 aromatic heterocycles. The van der Waals surface area contributed by atoms with Gasteiger partial charge in [-0.2, -0.15) is 13.2 Å². The molecule has 0 atom stereocenters. The van der Waals surface area contributed by atoms with E-state index in [4.69, 9.17) is 9.94 Å². The second-order valence-corrected chi connectivity index (χ2v) is 3.10. The summed E-state index contributed by atoms with van der Waals surface area (Å²) in [5.41, 5.74) is 0.366. The molecule has 0 aliphatic rings. The summed E-state index contributed by atoms with van der Waals surface area (Å²) in [5, 5.41) is 10.9. The van der Waals surface area contributed by atoms with Gasteiger partial charge in [-0.25, -0.2) is 0 Å². The lowest BCUT2D eigenvalue weighted by Gasteiger charge is -2.07. The molecular formula is C9H10F3N2O3+.